The molecule has 3 nitrogen and oxygen atoms in total. The highest BCUT2D eigenvalue weighted by Crippen LogP contribution is 2.15. The molecule has 0 aliphatic rings. The van der Waals surface area contributed by atoms with E-state index in [0.29, 0.717) is 5.75 Å². The van der Waals surface area contributed by atoms with Gasteiger partial charge in [0.1, 0.15) is 12.4 Å². The molecule has 98 valence electrons. The van der Waals surface area contributed by atoms with Crippen LogP contribution in [0, 0.1) is 6.92 Å². The zero-order valence-corrected chi connectivity index (χ0v) is 10.8. The van der Waals surface area contributed by atoms with Crippen LogP contribution in [0.15, 0.2) is 54.6 Å². The van der Waals surface area contributed by atoms with E-state index in [9.17, 15) is 4.79 Å². The van der Waals surface area contributed by atoms with Crippen molar-refractivity contribution < 1.29 is 14.3 Å². The van der Waals surface area contributed by atoms with Gasteiger partial charge in [-0.1, -0.05) is 48.5 Å². The zero-order valence-electron chi connectivity index (χ0n) is 10.8. The van der Waals surface area contributed by atoms with E-state index in [2.05, 4.69) is 0 Å². The molecule has 2 aromatic carbocycles. The van der Waals surface area contributed by atoms with Gasteiger partial charge < -0.3 is 9.47 Å². The Bertz CT molecular complexity index is 535. The summed E-state index contributed by atoms with van der Waals surface area (Å²) in [6.07, 6.45) is 0. The first kappa shape index (κ1) is 13.1. The van der Waals surface area contributed by atoms with Crippen molar-refractivity contribution in [2.24, 2.45) is 0 Å². The molecule has 0 fully saturated rings. The monoisotopic (exact) mass is 256 g/mol. The smallest absolute Gasteiger partial charge is 0.344 e. The van der Waals surface area contributed by atoms with Gasteiger partial charge in [0.2, 0.25) is 0 Å². The van der Waals surface area contributed by atoms with Gasteiger partial charge in [0.25, 0.3) is 0 Å². The highest BCUT2D eigenvalue weighted by Gasteiger charge is 2.05. The van der Waals surface area contributed by atoms with Crippen molar-refractivity contribution in [1.29, 1.82) is 0 Å². The molecule has 0 aromatic heterocycles. The summed E-state index contributed by atoms with van der Waals surface area (Å²) in [5, 5.41) is 0. The third kappa shape index (κ3) is 4.14. The third-order valence-corrected chi connectivity index (χ3v) is 2.68. The normalized spacial score (nSPS) is 9.95. The van der Waals surface area contributed by atoms with Gasteiger partial charge in [-0.05, 0) is 24.1 Å². The van der Waals surface area contributed by atoms with Crippen molar-refractivity contribution in [3.63, 3.8) is 0 Å². The van der Waals surface area contributed by atoms with Crippen molar-refractivity contribution in [3.05, 3.63) is 65.7 Å². The number of carbonyl (C=O) groups is 1. The van der Waals surface area contributed by atoms with Gasteiger partial charge in [0.05, 0.1) is 0 Å². The summed E-state index contributed by atoms with van der Waals surface area (Å²) in [6, 6.07) is 17.1. The number of hydrogen-bond donors (Lipinski definition) is 0. The molecule has 0 unspecified atom stereocenters. The van der Waals surface area contributed by atoms with Crippen LogP contribution in [0.4, 0.5) is 0 Å². The highest BCUT2D eigenvalue weighted by molar-refractivity contribution is 5.71. The maximum Gasteiger partial charge on any atom is 0.344 e. The number of carbonyl (C=O) groups excluding carboxylic acids is 1. The molecule has 19 heavy (non-hydrogen) atoms. The number of benzene rings is 2. The molecule has 0 saturated carbocycles. The minimum atomic E-state index is -0.368. The Morgan fingerprint density at radius 2 is 1.68 bits per heavy atom. The molecule has 0 amide bonds. The van der Waals surface area contributed by atoms with Crippen LogP contribution in [0.2, 0.25) is 0 Å². The molecule has 0 bridgehead atoms. The van der Waals surface area contributed by atoms with Crippen LogP contribution in [0.3, 0.4) is 0 Å². The molecule has 2 aromatic rings. The standard InChI is InChI=1S/C16H16O3/c1-13-7-5-6-10-15(13)18-12-16(17)19-11-14-8-3-2-4-9-14/h2-10H,11-12H2,1H3. The first-order valence-electron chi connectivity index (χ1n) is 6.13. The lowest BCUT2D eigenvalue weighted by Gasteiger charge is -2.08. The minimum absolute atomic E-state index is 0.0717. The summed E-state index contributed by atoms with van der Waals surface area (Å²) < 4.78 is 10.5. The quantitative estimate of drug-likeness (QED) is 0.771. The first-order chi connectivity index (χ1) is 9.25. The Morgan fingerprint density at radius 1 is 1.00 bits per heavy atom. The highest BCUT2D eigenvalue weighted by atomic mass is 16.6. The second kappa shape index (κ2) is 6.59. The van der Waals surface area contributed by atoms with Crippen molar-refractivity contribution in [2.45, 2.75) is 13.5 Å². The summed E-state index contributed by atoms with van der Waals surface area (Å²) in [5.74, 6) is 0.339. The van der Waals surface area contributed by atoms with Gasteiger partial charge in [0.15, 0.2) is 6.61 Å². The van der Waals surface area contributed by atoms with E-state index in [1.165, 1.54) is 0 Å². The molecule has 0 aliphatic carbocycles. The van der Waals surface area contributed by atoms with Crippen LogP contribution in [-0.4, -0.2) is 12.6 Å². The molecular weight excluding hydrogens is 240 g/mol. The molecule has 2 rings (SSSR count). The Kier molecular flexibility index (Phi) is 4.56. The van der Waals surface area contributed by atoms with Gasteiger partial charge in [-0.2, -0.15) is 0 Å². The molecule has 0 N–H and O–H groups in total. The minimum Gasteiger partial charge on any atom is -0.482 e. The fourth-order valence-corrected chi connectivity index (χ4v) is 1.63. The molecule has 0 aliphatic heterocycles. The topological polar surface area (TPSA) is 35.5 Å². The summed E-state index contributed by atoms with van der Waals surface area (Å²) in [7, 11) is 0. The predicted octanol–water partition coefficient (Wildman–Crippen LogP) is 3.12. The lowest BCUT2D eigenvalue weighted by molar-refractivity contribution is -0.147. The second-order valence-corrected chi connectivity index (χ2v) is 4.20. The van der Waals surface area contributed by atoms with Crippen molar-refractivity contribution in [1.82, 2.24) is 0 Å². The van der Waals surface area contributed by atoms with E-state index in [1.54, 1.807) is 0 Å². The number of aryl methyl sites for hydroxylation is 1. The van der Waals surface area contributed by atoms with Gasteiger partial charge in [-0.15, -0.1) is 0 Å². The Labute approximate surface area is 112 Å². The Hall–Kier alpha value is -2.29. The zero-order chi connectivity index (χ0) is 13.5. The van der Waals surface area contributed by atoms with E-state index in [0.717, 1.165) is 11.1 Å². The van der Waals surface area contributed by atoms with E-state index in [1.807, 2.05) is 61.5 Å². The lowest BCUT2D eigenvalue weighted by Crippen LogP contribution is -2.15. The fourth-order valence-electron chi connectivity index (χ4n) is 1.63. The first-order valence-corrected chi connectivity index (χ1v) is 6.13. The van der Waals surface area contributed by atoms with Crippen LogP contribution in [-0.2, 0) is 16.1 Å². The average Bonchev–Trinajstić information content (AvgIpc) is 2.45. The second-order valence-electron chi connectivity index (χ2n) is 4.20. The molecule has 0 spiro atoms. The summed E-state index contributed by atoms with van der Waals surface area (Å²) in [5.41, 5.74) is 1.96. The van der Waals surface area contributed by atoms with Gasteiger partial charge >= 0.3 is 5.97 Å². The average molecular weight is 256 g/mol. The van der Waals surface area contributed by atoms with Gasteiger partial charge in [-0.3, -0.25) is 0 Å². The summed E-state index contributed by atoms with van der Waals surface area (Å²) in [6.45, 7) is 2.14. The van der Waals surface area contributed by atoms with Gasteiger partial charge in [-0.25, -0.2) is 4.79 Å². The van der Waals surface area contributed by atoms with Crippen molar-refractivity contribution in [2.75, 3.05) is 6.61 Å². The van der Waals surface area contributed by atoms with Crippen LogP contribution >= 0.6 is 0 Å². The van der Waals surface area contributed by atoms with Crippen LogP contribution < -0.4 is 4.74 Å². The third-order valence-electron chi connectivity index (χ3n) is 2.68. The van der Waals surface area contributed by atoms with E-state index >= 15 is 0 Å². The molecule has 0 heterocycles. The Balaban J connectivity index is 1.78. The van der Waals surface area contributed by atoms with Gasteiger partial charge in [0, 0.05) is 0 Å². The predicted molar refractivity (Wildman–Crippen MR) is 72.9 cm³/mol. The lowest BCUT2D eigenvalue weighted by atomic mass is 10.2. The SMILES string of the molecule is Cc1ccccc1OCC(=O)OCc1ccccc1. The van der Waals surface area contributed by atoms with E-state index in [4.69, 9.17) is 9.47 Å². The number of rotatable bonds is 5. The molecule has 0 atom stereocenters. The number of esters is 1. The number of para-hydroxylation sites is 1. The van der Waals surface area contributed by atoms with Crippen LogP contribution in [0.5, 0.6) is 5.75 Å². The van der Waals surface area contributed by atoms with E-state index < -0.39 is 0 Å². The number of ether oxygens (including phenoxy) is 2. The molecule has 0 saturated heterocycles. The van der Waals surface area contributed by atoms with Crippen LogP contribution in [0.25, 0.3) is 0 Å². The number of hydrogen-bond acceptors (Lipinski definition) is 3. The van der Waals surface area contributed by atoms with Crippen LogP contribution in [0.1, 0.15) is 11.1 Å². The maximum absolute atomic E-state index is 11.6. The van der Waals surface area contributed by atoms with Crippen molar-refractivity contribution in [3.8, 4) is 5.75 Å². The summed E-state index contributed by atoms with van der Waals surface area (Å²) >= 11 is 0. The van der Waals surface area contributed by atoms with E-state index in [-0.39, 0.29) is 19.2 Å². The largest absolute Gasteiger partial charge is 0.482 e. The molecular formula is C16H16O3. The Morgan fingerprint density at radius 3 is 2.42 bits per heavy atom. The molecule has 0 radical (unpaired) electrons. The fraction of sp³-hybridized carbons (Fsp3) is 0.188. The molecule has 3 heteroatoms. The summed E-state index contributed by atoms with van der Waals surface area (Å²) in [4.78, 5) is 11.6. The van der Waals surface area contributed by atoms with Crippen molar-refractivity contribution >= 4 is 5.97 Å². The maximum atomic E-state index is 11.6.